The largest absolute Gasteiger partial charge is 0.458 e. The van der Waals surface area contributed by atoms with E-state index in [0.717, 1.165) is 29.7 Å². The molecular formula is C17H22ClNO. The standard InChI is InChI=1S/C17H22ClNO/c1-4-8-19-15(12-10-17(12,2)3)14-9-11-6-5-7-13(18)16(11)20-14/h5-7,9,12,15,19H,4,8,10H2,1-3H3. The lowest BCUT2D eigenvalue weighted by Gasteiger charge is -2.18. The summed E-state index contributed by atoms with van der Waals surface area (Å²) in [7, 11) is 0. The summed E-state index contributed by atoms with van der Waals surface area (Å²) in [4.78, 5) is 0. The summed E-state index contributed by atoms with van der Waals surface area (Å²) in [5, 5.41) is 5.43. The summed E-state index contributed by atoms with van der Waals surface area (Å²) in [5.41, 5.74) is 1.22. The van der Waals surface area contributed by atoms with Crippen molar-refractivity contribution in [1.82, 2.24) is 5.32 Å². The third-order valence-corrected chi connectivity index (χ3v) is 4.73. The van der Waals surface area contributed by atoms with E-state index in [9.17, 15) is 0 Å². The van der Waals surface area contributed by atoms with E-state index in [1.165, 1.54) is 6.42 Å². The number of furan rings is 1. The fourth-order valence-corrected chi connectivity index (χ4v) is 3.24. The third kappa shape index (κ3) is 2.47. The Hall–Kier alpha value is -0.990. The van der Waals surface area contributed by atoms with Crippen LogP contribution in [0.1, 0.15) is 45.4 Å². The maximum Gasteiger partial charge on any atom is 0.152 e. The SMILES string of the molecule is CCCNC(c1cc2cccc(Cl)c2o1)C1CC1(C)C. The van der Waals surface area contributed by atoms with Crippen molar-refractivity contribution in [2.75, 3.05) is 6.54 Å². The first-order chi connectivity index (χ1) is 9.53. The first-order valence-electron chi connectivity index (χ1n) is 7.44. The smallest absolute Gasteiger partial charge is 0.152 e. The van der Waals surface area contributed by atoms with Gasteiger partial charge in [-0.05, 0) is 42.9 Å². The Balaban J connectivity index is 1.94. The van der Waals surface area contributed by atoms with Crippen molar-refractivity contribution in [2.24, 2.45) is 11.3 Å². The van der Waals surface area contributed by atoms with Gasteiger partial charge in [0.2, 0.25) is 0 Å². The van der Waals surface area contributed by atoms with E-state index in [4.69, 9.17) is 16.0 Å². The number of benzene rings is 1. The minimum absolute atomic E-state index is 0.299. The van der Waals surface area contributed by atoms with Crippen LogP contribution >= 0.6 is 11.6 Å². The number of halogens is 1. The van der Waals surface area contributed by atoms with E-state index in [0.29, 0.717) is 22.4 Å². The van der Waals surface area contributed by atoms with E-state index >= 15 is 0 Å². The molecule has 1 aliphatic rings. The highest BCUT2D eigenvalue weighted by atomic mass is 35.5. The summed E-state index contributed by atoms with van der Waals surface area (Å²) in [6.07, 6.45) is 2.38. The molecule has 108 valence electrons. The number of fused-ring (bicyclic) bond motifs is 1. The molecule has 1 saturated carbocycles. The van der Waals surface area contributed by atoms with Gasteiger partial charge in [-0.25, -0.2) is 0 Å². The van der Waals surface area contributed by atoms with Gasteiger partial charge in [0.15, 0.2) is 5.58 Å². The molecule has 0 radical (unpaired) electrons. The lowest BCUT2D eigenvalue weighted by Crippen LogP contribution is -2.25. The van der Waals surface area contributed by atoms with Gasteiger partial charge in [0, 0.05) is 5.39 Å². The van der Waals surface area contributed by atoms with Gasteiger partial charge in [-0.15, -0.1) is 0 Å². The fourth-order valence-electron chi connectivity index (χ4n) is 3.02. The molecule has 1 N–H and O–H groups in total. The second kappa shape index (κ2) is 5.09. The molecule has 0 spiro atoms. The molecule has 1 fully saturated rings. The van der Waals surface area contributed by atoms with Gasteiger partial charge in [0.25, 0.3) is 0 Å². The second-order valence-corrected chi connectivity index (χ2v) is 6.95. The van der Waals surface area contributed by atoms with E-state index in [-0.39, 0.29) is 0 Å². The highest BCUT2D eigenvalue weighted by molar-refractivity contribution is 6.34. The zero-order valence-corrected chi connectivity index (χ0v) is 13.1. The molecule has 3 heteroatoms. The Labute approximate surface area is 125 Å². The van der Waals surface area contributed by atoms with Gasteiger partial charge in [0.05, 0.1) is 11.1 Å². The topological polar surface area (TPSA) is 25.2 Å². The number of hydrogen-bond donors (Lipinski definition) is 1. The first kappa shape index (κ1) is 14.0. The lowest BCUT2D eigenvalue weighted by atomic mass is 10.0. The van der Waals surface area contributed by atoms with Crippen molar-refractivity contribution in [3.63, 3.8) is 0 Å². The van der Waals surface area contributed by atoms with Gasteiger partial charge in [-0.1, -0.05) is 44.5 Å². The summed E-state index contributed by atoms with van der Waals surface area (Å²) < 4.78 is 6.06. The van der Waals surface area contributed by atoms with Gasteiger partial charge in [-0.2, -0.15) is 0 Å². The van der Waals surface area contributed by atoms with Crippen LogP contribution in [0.4, 0.5) is 0 Å². The molecule has 2 nitrogen and oxygen atoms in total. The molecule has 3 rings (SSSR count). The van der Waals surface area contributed by atoms with E-state index in [1.807, 2.05) is 12.1 Å². The Morgan fingerprint density at radius 2 is 2.20 bits per heavy atom. The van der Waals surface area contributed by atoms with E-state index in [2.05, 4.69) is 38.2 Å². The van der Waals surface area contributed by atoms with Crippen LogP contribution in [0, 0.1) is 11.3 Å². The van der Waals surface area contributed by atoms with Crippen LogP contribution in [0.2, 0.25) is 5.02 Å². The van der Waals surface area contributed by atoms with Gasteiger partial charge >= 0.3 is 0 Å². The molecule has 1 heterocycles. The number of hydrogen-bond acceptors (Lipinski definition) is 2. The molecule has 1 aromatic carbocycles. The molecule has 0 bridgehead atoms. The average Bonchev–Trinajstić information content (AvgIpc) is 2.85. The van der Waals surface area contributed by atoms with Gasteiger partial charge in [-0.3, -0.25) is 0 Å². The van der Waals surface area contributed by atoms with Crippen molar-refractivity contribution in [3.8, 4) is 0 Å². The third-order valence-electron chi connectivity index (χ3n) is 4.43. The number of para-hydroxylation sites is 1. The Kier molecular flexibility index (Phi) is 3.55. The summed E-state index contributed by atoms with van der Waals surface area (Å²) in [6, 6.07) is 8.35. The Morgan fingerprint density at radius 3 is 2.80 bits per heavy atom. The molecule has 1 aliphatic carbocycles. The lowest BCUT2D eigenvalue weighted by molar-refractivity contribution is 0.359. The maximum atomic E-state index is 6.22. The minimum Gasteiger partial charge on any atom is -0.458 e. The minimum atomic E-state index is 0.299. The highest BCUT2D eigenvalue weighted by Crippen LogP contribution is 2.58. The Morgan fingerprint density at radius 1 is 1.45 bits per heavy atom. The fraction of sp³-hybridized carbons (Fsp3) is 0.529. The molecular weight excluding hydrogens is 270 g/mol. The molecule has 0 saturated heterocycles. The Bertz CT molecular complexity index is 616. The molecule has 0 amide bonds. The zero-order valence-electron chi connectivity index (χ0n) is 12.4. The van der Waals surface area contributed by atoms with Crippen LogP contribution in [0.15, 0.2) is 28.7 Å². The number of rotatable bonds is 5. The maximum absolute atomic E-state index is 6.22. The molecule has 2 aromatic rings. The van der Waals surface area contributed by atoms with E-state index in [1.54, 1.807) is 0 Å². The van der Waals surface area contributed by atoms with Crippen LogP contribution in [-0.4, -0.2) is 6.54 Å². The van der Waals surface area contributed by atoms with Crippen LogP contribution in [0.3, 0.4) is 0 Å². The quantitative estimate of drug-likeness (QED) is 0.822. The van der Waals surface area contributed by atoms with Crippen molar-refractivity contribution in [1.29, 1.82) is 0 Å². The molecule has 2 atom stereocenters. The zero-order chi connectivity index (χ0) is 14.3. The molecule has 2 unspecified atom stereocenters. The van der Waals surface area contributed by atoms with Crippen LogP contribution in [0.25, 0.3) is 11.0 Å². The second-order valence-electron chi connectivity index (χ2n) is 6.54. The molecule has 0 aliphatic heterocycles. The summed E-state index contributed by atoms with van der Waals surface area (Å²) >= 11 is 6.22. The van der Waals surface area contributed by atoms with Gasteiger partial charge in [0.1, 0.15) is 5.76 Å². The van der Waals surface area contributed by atoms with Gasteiger partial charge < -0.3 is 9.73 Å². The summed E-state index contributed by atoms with van der Waals surface area (Å²) in [6.45, 7) is 7.86. The van der Waals surface area contributed by atoms with Crippen LogP contribution < -0.4 is 5.32 Å². The number of nitrogens with one attached hydrogen (secondary N) is 1. The predicted molar refractivity (Wildman–Crippen MR) is 84.1 cm³/mol. The monoisotopic (exact) mass is 291 g/mol. The average molecular weight is 292 g/mol. The normalized spacial score (nSPS) is 22.1. The molecule has 20 heavy (non-hydrogen) atoms. The van der Waals surface area contributed by atoms with Crippen molar-refractivity contribution >= 4 is 22.6 Å². The van der Waals surface area contributed by atoms with Crippen LogP contribution in [-0.2, 0) is 0 Å². The van der Waals surface area contributed by atoms with Crippen molar-refractivity contribution < 1.29 is 4.42 Å². The van der Waals surface area contributed by atoms with Crippen LogP contribution in [0.5, 0.6) is 0 Å². The van der Waals surface area contributed by atoms with Crippen molar-refractivity contribution in [3.05, 3.63) is 35.0 Å². The van der Waals surface area contributed by atoms with E-state index < -0.39 is 0 Å². The highest BCUT2D eigenvalue weighted by Gasteiger charge is 2.51. The van der Waals surface area contributed by atoms with Crippen molar-refractivity contribution in [2.45, 2.75) is 39.7 Å². The summed E-state index contributed by atoms with van der Waals surface area (Å²) in [5.74, 6) is 1.67. The predicted octanol–water partition coefficient (Wildman–Crippen LogP) is 5.17. The molecule has 1 aromatic heterocycles. The first-order valence-corrected chi connectivity index (χ1v) is 7.82.